The van der Waals surface area contributed by atoms with Crippen LogP contribution in [0.1, 0.15) is 25.8 Å². The van der Waals surface area contributed by atoms with E-state index in [1.165, 1.54) is 12.1 Å². The number of aliphatic hydroxyl groups is 1. The predicted octanol–water partition coefficient (Wildman–Crippen LogP) is 2.43. The van der Waals surface area contributed by atoms with Gasteiger partial charge in [0.15, 0.2) is 0 Å². The lowest BCUT2D eigenvalue weighted by atomic mass is 9.90. The lowest BCUT2D eigenvalue weighted by molar-refractivity contribution is 0.0207. The highest BCUT2D eigenvalue weighted by atomic mass is 19.1. The van der Waals surface area contributed by atoms with Crippen LogP contribution in [0.5, 0.6) is 5.75 Å². The summed E-state index contributed by atoms with van der Waals surface area (Å²) in [5, 5.41) is 10.0. The van der Waals surface area contributed by atoms with E-state index in [-0.39, 0.29) is 5.82 Å². The molecule has 0 unspecified atom stereocenters. The fourth-order valence-electron chi connectivity index (χ4n) is 2.64. The zero-order valence-electron chi connectivity index (χ0n) is 11.8. The minimum atomic E-state index is -0.637. The minimum Gasteiger partial charge on any atom is -0.496 e. The van der Waals surface area contributed by atoms with E-state index >= 15 is 0 Å². The number of nitrogens with zero attached hydrogens (tertiary/aromatic N) is 1. The predicted molar refractivity (Wildman–Crippen MR) is 72.6 cm³/mol. The first-order valence-electron chi connectivity index (χ1n) is 6.67. The van der Waals surface area contributed by atoms with Crippen molar-refractivity contribution >= 4 is 0 Å². The summed E-state index contributed by atoms with van der Waals surface area (Å²) in [6.45, 7) is 6.27. The molecule has 0 amide bonds. The van der Waals surface area contributed by atoms with E-state index in [2.05, 4.69) is 4.90 Å². The number of likely N-dealkylation sites (tertiary alicyclic amines) is 1. The monoisotopic (exact) mass is 267 g/mol. The molecule has 1 aliphatic heterocycles. The Kier molecular flexibility index (Phi) is 4.11. The van der Waals surface area contributed by atoms with Crippen LogP contribution in [0.4, 0.5) is 4.39 Å². The molecular formula is C15H22FNO2. The van der Waals surface area contributed by atoms with Gasteiger partial charge in [-0.05, 0) is 32.9 Å². The first-order chi connectivity index (χ1) is 8.90. The van der Waals surface area contributed by atoms with Crippen molar-refractivity contribution in [1.82, 2.24) is 4.90 Å². The summed E-state index contributed by atoms with van der Waals surface area (Å²) in [6, 6.07) is 4.64. The van der Waals surface area contributed by atoms with Crippen molar-refractivity contribution in [2.45, 2.75) is 32.4 Å². The largest absolute Gasteiger partial charge is 0.496 e. The van der Waals surface area contributed by atoms with Gasteiger partial charge in [-0.2, -0.15) is 0 Å². The molecule has 0 radical (unpaired) electrons. The van der Waals surface area contributed by atoms with Gasteiger partial charge in [0.05, 0.1) is 12.7 Å². The SMILES string of the molecule is COc1cc(F)ccc1CN1CC[C@@H](C(C)(C)O)C1. The highest BCUT2D eigenvalue weighted by Gasteiger charge is 2.33. The summed E-state index contributed by atoms with van der Waals surface area (Å²) in [7, 11) is 1.56. The van der Waals surface area contributed by atoms with E-state index in [1.54, 1.807) is 13.2 Å². The Balaban J connectivity index is 2.03. The highest BCUT2D eigenvalue weighted by molar-refractivity contribution is 5.34. The van der Waals surface area contributed by atoms with Gasteiger partial charge in [-0.15, -0.1) is 0 Å². The quantitative estimate of drug-likeness (QED) is 0.909. The lowest BCUT2D eigenvalue weighted by Gasteiger charge is -2.25. The molecule has 2 rings (SSSR count). The summed E-state index contributed by atoms with van der Waals surface area (Å²) >= 11 is 0. The Morgan fingerprint density at radius 3 is 2.79 bits per heavy atom. The molecule has 1 aliphatic rings. The van der Waals surface area contributed by atoms with Crippen LogP contribution in [-0.4, -0.2) is 35.8 Å². The van der Waals surface area contributed by atoms with E-state index in [1.807, 2.05) is 13.8 Å². The molecule has 0 bridgehead atoms. The normalized spacial score (nSPS) is 20.8. The van der Waals surface area contributed by atoms with Gasteiger partial charge in [0.1, 0.15) is 11.6 Å². The first-order valence-corrected chi connectivity index (χ1v) is 6.67. The van der Waals surface area contributed by atoms with Gasteiger partial charge in [0.25, 0.3) is 0 Å². The molecule has 106 valence electrons. The second-order valence-electron chi connectivity index (χ2n) is 5.83. The van der Waals surface area contributed by atoms with Crippen molar-refractivity contribution in [1.29, 1.82) is 0 Å². The Hall–Kier alpha value is -1.13. The number of hydrogen-bond acceptors (Lipinski definition) is 3. The average Bonchev–Trinajstić information content (AvgIpc) is 2.79. The molecule has 0 aliphatic carbocycles. The Morgan fingerprint density at radius 2 is 2.21 bits per heavy atom. The van der Waals surface area contributed by atoms with Crippen molar-refractivity contribution in [3.05, 3.63) is 29.6 Å². The molecule has 3 nitrogen and oxygen atoms in total. The van der Waals surface area contributed by atoms with Crippen LogP contribution in [0.2, 0.25) is 0 Å². The fourth-order valence-corrected chi connectivity index (χ4v) is 2.64. The summed E-state index contributed by atoms with van der Waals surface area (Å²) < 4.78 is 18.4. The molecule has 1 aromatic carbocycles. The first kappa shape index (κ1) is 14.3. The van der Waals surface area contributed by atoms with E-state index in [0.29, 0.717) is 11.7 Å². The van der Waals surface area contributed by atoms with Crippen LogP contribution in [0, 0.1) is 11.7 Å². The molecule has 1 saturated heterocycles. The molecule has 1 aromatic rings. The van der Waals surface area contributed by atoms with E-state index in [9.17, 15) is 9.50 Å². The van der Waals surface area contributed by atoms with Gasteiger partial charge >= 0.3 is 0 Å². The molecule has 0 saturated carbocycles. The minimum absolute atomic E-state index is 0.281. The van der Waals surface area contributed by atoms with Crippen molar-refractivity contribution < 1.29 is 14.2 Å². The third-order valence-corrected chi connectivity index (χ3v) is 3.91. The fraction of sp³-hybridized carbons (Fsp3) is 0.600. The van der Waals surface area contributed by atoms with Crippen LogP contribution in [0.3, 0.4) is 0 Å². The van der Waals surface area contributed by atoms with Gasteiger partial charge in [-0.25, -0.2) is 4.39 Å². The molecular weight excluding hydrogens is 245 g/mol. The summed E-state index contributed by atoms with van der Waals surface area (Å²) in [6.07, 6.45) is 0.993. The number of halogens is 1. The summed E-state index contributed by atoms with van der Waals surface area (Å²) in [5.41, 5.74) is 0.349. The zero-order valence-corrected chi connectivity index (χ0v) is 11.8. The van der Waals surface area contributed by atoms with E-state index in [4.69, 9.17) is 4.74 Å². The smallest absolute Gasteiger partial charge is 0.126 e. The van der Waals surface area contributed by atoms with Gasteiger partial charge in [-0.3, -0.25) is 4.90 Å². The molecule has 1 atom stereocenters. The van der Waals surface area contributed by atoms with Crippen LogP contribution < -0.4 is 4.74 Å². The maximum atomic E-state index is 13.1. The van der Waals surface area contributed by atoms with Crippen molar-refractivity contribution in [3.63, 3.8) is 0 Å². The van der Waals surface area contributed by atoms with Gasteiger partial charge in [0, 0.05) is 30.6 Å². The van der Waals surface area contributed by atoms with Crippen molar-refractivity contribution in [3.8, 4) is 5.75 Å². The van der Waals surface area contributed by atoms with Crippen molar-refractivity contribution in [2.75, 3.05) is 20.2 Å². The summed E-state index contributed by atoms with van der Waals surface area (Å²) in [4.78, 5) is 2.28. The van der Waals surface area contributed by atoms with Crippen molar-refractivity contribution in [2.24, 2.45) is 5.92 Å². The van der Waals surface area contributed by atoms with E-state index in [0.717, 1.165) is 31.6 Å². The number of ether oxygens (including phenoxy) is 1. The highest BCUT2D eigenvalue weighted by Crippen LogP contribution is 2.29. The van der Waals surface area contributed by atoms with E-state index < -0.39 is 5.60 Å². The molecule has 0 spiro atoms. The number of methoxy groups -OCH3 is 1. The third kappa shape index (κ3) is 3.45. The molecule has 0 aromatic heterocycles. The van der Waals surface area contributed by atoms with Crippen LogP contribution in [0.15, 0.2) is 18.2 Å². The maximum Gasteiger partial charge on any atom is 0.126 e. The molecule has 4 heteroatoms. The zero-order chi connectivity index (χ0) is 14.0. The van der Waals surface area contributed by atoms with Crippen LogP contribution >= 0.6 is 0 Å². The topological polar surface area (TPSA) is 32.7 Å². The maximum absolute atomic E-state index is 13.1. The van der Waals surface area contributed by atoms with Gasteiger partial charge < -0.3 is 9.84 Å². The standard InChI is InChI=1S/C15H22FNO2/c1-15(2,18)12-6-7-17(10-12)9-11-4-5-13(16)8-14(11)19-3/h4-5,8,12,18H,6-7,9-10H2,1-3H3/t12-/m1/s1. The van der Waals surface area contributed by atoms with Gasteiger partial charge in [-0.1, -0.05) is 6.07 Å². The lowest BCUT2D eigenvalue weighted by Crippen LogP contribution is -2.33. The second-order valence-corrected chi connectivity index (χ2v) is 5.83. The number of benzene rings is 1. The molecule has 1 N–H and O–H groups in total. The van der Waals surface area contributed by atoms with Gasteiger partial charge in [0.2, 0.25) is 0 Å². The number of hydrogen-bond donors (Lipinski definition) is 1. The Bertz CT molecular complexity index is 442. The van der Waals surface area contributed by atoms with Crippen LogP contribution in [-0.2, 0) is 6.54 Å². The Morgan fingerprint density at radius 1 is 1.47 bits per heavy atom. The number of rotatable bonds is 4. The summed E-state index contributed by atoms with van der Waals surface area (Å²) in [5.74, 6) is 0.599. The van der Waals surface area contributed by atoms with Crippen LogP contribution in [0.25, 0.3) is 0 Å². The molecule has 1 fully saturated rings. The average molecular weight is 267 g/mol. The molecule has 19 heavy (non-hydrogen) atoms. The molecule has 1 heterocycles. The Labute approximate surface area is 114 Å². The second kappa shape index (κ2) is 5.47. The third-order valence-electron chi connectivity index (χ3n) is 3.91.